The summed E-state index contributed by atoms with van der Waals surface area (Å²) >= 11 is 0. The van der Waals surface area contributed by atoms with Gasteiger partial charge in [-0.1, -0.05) is 5.16 Å². The minimum absolute atomic E-state index is 0.111. The van der Waals surface area contributed by atoms with Gasteiger partial charge in [0, 0.05) is 18.5 Å². The van der Waals surface area contributed by atoms with Crippen LogP contribution in [0.15, 0.2) is 5.16 Å². The molecule has 1 amide bonds. The lowest BCUT2D eigenvalue weighted by Gasteiger charge is -2.31. The molecule has 1 fully saturated rings. The Labute approximate surface area is 102 Å². The predicted molar refractivity (Wildman–Crippen MR) is 65.9 cm³/mol. The number of nitrogens with zero attached hydrogens (tertiary/aromatic N) is 1. The number of rotatable bonds is 1. The molecule has 1 saturated heterocycles. The maximum absolute atomic E-state index is 11.9. The average Bonchev–Trinajstić information content (AvgIpc) is 2.61. The monoisotopic (exact) mass is 239 g/mol. The first-order valence-corrected chi connectivity index (χ1v) is 6.19. The van der Waals surface area contributed by atoms with Gasteiger partial charge in [0.25, 0.3) is 5.91 Å². The number of carbonyl (C=O) groups is 1. The highest BCUT2D eigenvalue weighted by Crippen LogP contribution is 2.30. The Morgan fingerprint density at radius 1 is 1.53 bits per heavy atom. The molecule has 0 aromatic carbocycles. The summed E-state index contributed by atoms with van der Waals surface area (Å²) in [7, 11) is 0. The minimum Gasteiger partial charge on any atom is -0.387 e. The zero-order chi connectivity index (χ0) is 12.5. The van der Waals surface area contributed by atoms with Gasteiger partial charge in [0.05, 0.1) is 0 Å². The van der Waals surface area contributed by atoms with Gasteiger partial charge < -0.3 is 15.5 Å². The van der Waals surface area contributed by atoms with Gasteiger partial charge in [-0.05, 0) is 40.2 Å². The SMILES string of the molecule is CC(C)(C)NC(=O)C1=NOC2(CCCNC2)C1. The molecule has 0 aliphatic carbocycles. The van der Waals surface area contributed by atoms with E-state index >= 15 is 0 Å². The van der Waals surface area contributed by atoms with Crippen molar-refractivity contribution in [1.82, 2.24) is 10.6 Å². The second-order valence-corrected chi connectivity index (χ2v) is 5.97. The molecule has 0 radical (unpaired) electrons. The normalized spacial score (nSPS) is 28.8. The predicted octanol–water partition coefficient (Wildman–Crippen LogP) is 0.800. The molecule has 2 aliphatic rings. The molecule has 2 heterocycles. The fourth-order valence-electron chi connectivity index (χ4n) is 2.23. The van der Waals surface area contributed by atoms with Gasteiger partial charge in [-0.3, -0.25) is 4.79 Å². The van der Waals surface area contributed by atoms with E-state index < -0.39 is 0 Å². The van der Waals surface area contributed by atoms with E-state index in [9.17, 15) is 4.79 Å². The lowest BCUT2D eigenvalue weighted by atomic mass is 9.89. The van der Waals surface area contributed by atoms with Crippen molar-refractivity contribution >= 4 is 11.6 Å². The summed E-state index contributed by atoms with van der Waals surface area (Å²) in [5.41, 5.74) is 0.00631. The highest BCUT2D eigenvalue weighted by atomic mass is 16.7. The smallest absolute Gasteiger partial charge is 0.269 e. The second kappa shape index (κ2) is 4.29. The Morgan fingerprint density at radius 2 is 2.29 bits per heavy atom. The fraction of sp³-hybridized carbons (Fsp3) is 0.833. The van der Waals surface area contributed by atoms with Crippen molar-refractivity contribution in [2.75, 3.05) is 13.1 Å². The molecule has 0 saturated carbocycles. The molecule has 5 heteroatoms. The van der Waals surface area contributed by atoms with Crippen LogP contribution >= 0.6 is 0 Å². The van der Waals surface area contributed by atoms with Gasteiger partial charge in [0.2, 0.25) is 0 Å². The minimum atomic E-state index is -0.275. The van der Waals surface area contributed by atoms with Gasteiger partial charge in [0.1, 0.15) is 5.71 Å². The molecular formula is C12H21N3O2. The zero-order valence-electron chi connectivity index (χ0n) is 10.8. The fourth-order valence-corrected chi connectivity index (χ4v) is 2.23. The van der Waals surface area contributed by atoms with Crippen molar-refractivity contribution in [2.45, 2.75) is 51.2 Å². The first kappa shape index (κ1) is 12.4. The van der Waals surface area contributed by atoms with Crippen LogP contribution in [-0.4, -0.2) is 35.8 Å². The van der Waals surface area contributed by atoms with Crippen LogP contribution in [0, 0.1) is 0 Å². The summed E-state index contributed by atoms with van der Waals surface area (Å²) < 4.78 is 0. The van der Waals surface area contributed by atoms with E-state index in [2.05, 4.69) is 15.8 Å². The first-order chi connectivity index (χ1) is 7.90. The molecule has 2 aliphatic heterocycles. The lowest BCUT2D eigenvalue weighted by Crippen LogP contribution is -2.48. The molecule has 1 unspecified atom stereocenters. The van der Waals surface area contributed by atoms with Gasteiger partial charge >= 0.3 is 0 Å². The highest BCUT2D eigenvalue weighted by Gasteiger charge is 2.42. The van der Waals surface area contributed by atoms with Crippen LogP contribution in [0.4, 0.5) is 0 Å². The lowest BCUT2D eigenvalue weighted by molar-refractivity contribution is -0.116. The summed E-state index contributed by atoms with van der Waals surface area (Å²) in [4.78, 5) is 17.4. The quantitative estimate of drug-likeness (QED) is 0.711. The van der Waals surface area contributed by atoms with E-state index in [1.165, 1.54) is 0 Å². The number of hydrogen-bond donors (Lipinski definition) is 2. The van der Waals surface area contributed by atoms with E-state index in [-0.39, 0.29) is 17.0 Å². The molecule has 17 heavy (non-hydrogen) atoms. The maximum Gasteiger partial charge on any atom is 0.269 e. The van der Waals surface area contributed by atoms with Crippen molar-refractivity contribution in [3.8, 4) is 0 Å². The summed E-state index contributed by atoms with van der Waals surface area (Å²) in [6, 6.07) is 0. The van der Waals surface area contributed by atoms with Crippen LogP contribution in [0.2, 0.25) is 0 Å². The summed E-state index contributed by atoms with van der Waals surface area (Å²) in [5.74, 6) is -0.111. The standard InChI is InChI=1S/C12H21N3O2/c1-11(2,3)14-10(16)9-7-12(17-15-9)5-4-6-13-8-12/h13H,4-8H2,1-3H3,(H,14,16). The van der Waals surface area contributed by atoms with Crippen molar-refractivity contribution < 1.29 is 9.63 Å². The van der Waals surface area contributed by atoms with E-state index in [0.29, 0.717) is 12.1 Å². The van der Waals surface area contributed by atoms with E-state index in [1.807, 2.05) is 20.8 Å². The molecule has 0 bridgehead atoms. The average molecular weight is 239 g/mol. The molecular weight excluding hydrogens is 218 g/mol. The number of amides is 1. The third kappa shape index (κ3) is 2.97. The van der Waals surface area contributed by atoms with Crippen LogP contribution < -0.4 is 10.6 Å². The van der Waals surface area contributed by atoms with E-state index in [4.69, 9.17) is 4.84 Å². The van der Waals surface area contributed by atoms with Gasteiger partial charge in [-0.25, -0.2) is 0 Å². The molecule has 0 aromatic rings. The first-order valence-electron chi connectivity index (χ1n) is 6.19. The maximum atomic E-state index is 11.9. The van der Waals surface area contributed by atoms with Crippen molar-refractivity contribution in [1.29, 1.82) is 0 Å². The Morgan fingerprint density at radius 3 is 2.88 bits per heavy atom. The van der Waals surface area contributed by atoms with E-state index in [1.54, 1.807) is 0 Å². The summed E-state index contributed by atoms with van der Waals surface area (Å²) in [6.07, 6.45) is 2.65. The molecule has 5 nitrogen and oxygen atoms in total. The number of piperidine rings is 1. The van der Waals surface area contributed by atoms with Crippen molar-refractivity contribution in [3.63, 3.8) is 0 Å². The second-order valence-electron chi connectivity index (χ2n) is 5.97. The zero-order valence-corrected chi connectivity index (χ0v) is 10.8. The Kier molecular flexibility index (Phi) is 3.12. The summed E-state index contributed by atoms with van der Waals surface area (Å²) in [5, 5.41) is 10.2. The molecule has 2 rings (SSSR count). The Balaban J connectivity index is 1.94. The number of oxime groups is 1. The van der Waals surface area contributed by atoms with Crippen LogP contribution in [0.25, 0.3) is 0 Å². The Hall–Kier alpha value is -1.10. The molecule has 1 atom stereocenters. The third-order valence-electron chi connectivity index (χ3n) is 3.02. The van der Waals surface area contributed by atoms with Gasteiger partial charge in [0.15, 0.2) is 5.60 Å². The largest absolute Gasteiger partial charge is 0.387 e. The molecule has 2 N–H and O–H groups in total. The van der Waals surface area contributed by atoms with Crippen LogP contribution in [0.5, 0.6) is 0 Å². The molecule has 0 aromatic heterocycles. The van der Waals surface area contributed by atoms with Gasteiger partial charge in [-0.15, -0.1) is 0 Å². The van der Waals surface area contributed by atoms with E-state index in [0.717, 1.165) is 25.9 Å². The van der Waals surface area contributed by atoms with Crippen molar-refractivity contribution in [2.24, 2.45) is 5.16 Å². The van der Waals surface area contributed by atoms with Gasteiger partial charge in [-0.2, -0.15) is 0 Å². The topological polar surface area (TPSA) is 62.7 Å². The number of carbonyl (C=O) groups excluding carboxylic acids is 1. The molecule has 1 spiro atoms. The number of nitrogens with one attached hydrogen (secondary N) is 2. The van der Waals surface area contributed by atoms with Crippen LogP contribution in [0.3, 0.4) is 0 Å². The molecule has 96 valence electrons. The number of hydrogen-bond acceptors (Lipinski definition) is 4. The summed E-state index contributed by atoms with van der Waals surface area (Å²) in [6.45, 7) is 7.68. The van der Waals surface area contributed by atoms with Crippen molar-refractivity contribution in [3.05, 3.63) is 0 Å². The van der Waals surface area contributed by atoms with Crippen LogP contribution in [0.1, 0.15) is 40.0 Å². The Bertz CT molecular complexity index is 338. The van der Waals surface area contributed by atoms with Crippen LogP contribution in [-0.2, 0) is 9.63 Å². The third-order valence-corrected chi connectivity index (χ3v) is 3.02. The highest BCUT2D eigenvalue weighted by molar-refractivity contribution is 6.39.